The van der Waals surface area contributed by atoms with E-state index in [9.17, 15) is 4.79 Å². The first-order chi connectivity index (χ1) is 8.60. The summed E-state index contributed by atoms with van der Waals surface area (Å²) in [7, 11) is 0. The molecule has 0 aromatic carbocycles. The van der Waals surface area contributed by atoms with Gasteiger partial charge in [-0.1, -0.05) is 37.9 Å². The minimum absolute atomic E-state index is 0.389. The summed E-state index contributed by atoms with van der Waals surface area (Å²) in [4.78, 5) is 15.8. The van der Waals surface area contributed by atoms with E-state index in [-0.39, 0.29) is 0 Å². The van der Waals surface area contributed by atoms with Crippen molar-refractivity contribution in [2.75, 3.05) is 0 Å². The van der Waals surface area contributed by atoms with E-state index in [0.717, 1.165) is 10.3 Å². The van der Waals surface area contributed by atoms with Crippen LogP contribution in [0, 0.1) is 12.8 Å². The van der Waals surface area contributed by atoms with Crippen LogP contribution >= 0.6 is 23.1 Å². The number of rotatable bonds is 4. The van der Waals surface area contributed by atoms with Crippen molar-refractivity contribution in [2.24, 2.45) is 5.92 Å². The van der Waals surface area contributed by atoms with Gasteiger partial charge in [-0.3, -0.25) is 0 Å². The molecule has 0 saturated heterocycles. The topological polar surface area (TPSA) is 50.2 Å². The average Bonchev–Trinajstić information content (AvgIpc) is 2.70. The Balaban J connectivity index is 2.00. The van der Waals surface area contributed by atoms with Crippen LogP contribution < -0.4 is 0 Å². The molecule has 3 nitrogen and oxygen atoms in total. The first-order valence-electron chi connectivity index (χ1n) is 6.47. The molecule has 0 radical (unpaired) electrons. The Kier molecular flexibility index (Phi) is 4.67. The Hall–Kier alpha value is -0.550. The van der Waals surface area contributed by atoms with Crippen molar-refractivity contribution in [3.05, 3.63) is 10.6 Å². The first-order valence-corrected chi connectivity index (χ1v) is 8.17. The fourth-order valence-corrected chi connectivity index (χ4v) is 5.10. The van der Waals surface area contributed by atoms with Crippen LogP contribution in [0.25, 0.3) is 0 Å². The smallest absolute Gasteiger partial charge is 0.347 e. The Morgan fingerprint density at radius 3 is 2.94 bits per heavy atom. The summed E-state index contributed by atoms with van der Waals surface area (Å²) in [5.41, 5.74) is 0.651. The highest BCUT2D eigenvalue weighted by molar-refractivity contribution is 8.01. The van der Waals surface area contributed by atoms with Gasteiger partial charge < -0.3 is 5.11 Å². The molecule has 1 aromatic rings. The third kappa shape index (κ3) is 3.26. The second-order valence-corrected chi connectivity index (χ2v) is 7.43. The molecule has 5 heteroatoms. The summed E-state index contributed by atoms with van der Waals surface area (Å²) in [5.74, 6) is -0.0109. The lowest BCUT2D eigenvalue weighted by Gasteiger charge is -2.27. The monoisotopic (exact) mass is 285 g/mol. The van der Waals surface area contributed by atoms with Crippen LogP contribution in [0.2, 0.25) is 0 Å². The maximum Gasteiger partial charge on any atom is 0.347 e. The number of aromatic carboxylic acids is 1. The maximum absolute atomic E-state index is 11.0. The lowest BCUT2D eigenvalue weighted by Crippen LogP contribution is -2.16. The molecule has 0 spiro atoms. The minimum atomic E-state index is -0.855. The normalized spacial score (nSPS) is 24.1. The van der Waals surface area contributed by atoms with Gasteiger partial charge in [0.1, 0.15) is 4.88 Å². The van der Waals surface area contributed by atoms with Crippen LogP contribution in [0.3, 0.4) is 0 Å². The van der Waals surface area contributed by atoms with Gasteiger partial charge in [0.2, 0.25) is 0 Å². The average molecular weight is 285 g/mol. The number of aromatic nitrogens is 1. The van der Waals surface area contributed by atoms with Gasteiger partial charge in [0.25, 0.3) is 0 Å². The summed E-state index contributed by atoms with van der Waals surface area (Å²) in [6.45, 7) is 4.04. The first kappa shape index (κ1) is 13.9. The standard InChI is InChI=1S/C13H19NO2S2/c1-3-9-5-4-6-10(7-9)17-13-14-8(2)11(18-13)12(15)16/h9-10H,3-7H2,1-2H3,(H,15,16). The van der Waals surface area contributed by atoms with Crippen molar-refractivity contribution >= 4 is 29.1 Å². The molecule has 0 bridgehead atoms. The van der Waals surface area contributed by atoms with Gasteiger partial charge in [-0.15, -0.1) is 11.3 Å². The number of thiazole rings is 1. The molecule has 18 heavy (non-hydrogen) atoms. The second kappa shape index (κ2) is 6.06. The SMILES string of the molecule is CCC1CCCC(Sc2nc(C)c(C(=O)O)s2)C1. The highest BCUT2D eigenvalue weighted by Crippen LogP contribution is 2.39. The van der Waals surface area contributed by atoms with Crippen LogP contribution in [-0.4, -0.2) is 21.3 Å². The summed E-state index contributed by atoms with van der Waals surface area (Å²) < 4.78 is 0.923. The predicted octanol–water partition coefficient (Wildman–Crippen LogP) is 4.21. The summed E-state index contributed by atoms with van der Waals surface area (Å²) >= 11 is 3.10. The van der Waals surface area contributed by atoms with Crippen molar-refractivity contribution in [2.45, 2.75) is 55.5 Å². The molecule has 100 valence electrons. The van der Waals surface area contributed by atoms with Gasteiger partial charge in [0, 0.05) is 5.25 Å². The molecule has 1 heterocycles. The molecule has 1 N–H and O–H groups in total. The number of carbonyl (C=O) groups is 1. The number of hydrogen-bond acceptors (Lipinski definition) is 4. The predicted molar refractivity (Wildman–Crippen MR) is 75.7 cm³/mol. The van der Waals surface area contributed by atoms with Crippen molar-refractivity contribution < 1.29 is 9.90 Å². The minimum Gasteiger partial charge on any atom is -0.477 e. The van der Waals surface area contributed by atoms with Crippen LogP contribution in [0.15, 0.2) is 4.34 Å². The molecule has 1 aliphatic carbocycles. The zero-order valence-corrected chi connectivity index (χ0v) is 12.4. The molecule has 1 fully saturated rings. The van der Waals surface area contributed by atoms with E-state index in [1.54, 1.807) is 18.7 Å². The molecule has 1 aliphatic rings. The van der Waals surface area contributed by atoms with Crippen LogP contribution in [0.1, 0.15) is 54.4 Å². The lowest BCUT2D eigenvalue weighted by atomic mass is 9.87. The van der Waals surface area contributed by atoms with Crippen LogP contribution in [-0.2, 0) is 0 Å². The molecule has 1 saturated carbocycles. The molecule has 1 aromatic heterocycles. The van der Waals surface area contributed by atoms with Crippen LogP contribution in [0.4, 0.5) is 0 Å². The molecule has 0 aliphatic heterocycles. The maximum atomic E-state index is 11.0. The zero-order valence-electron chi connectivity index (χ0n) is 10.8. The molecule has 2 atom stereocenters. The third-order valence-corrected chi connectivity index (χ3v) is 6.08. The van der Waals surface area contributed by atoms with Gasteiger partial charge >= 0.3 is 5.97 Å². The zero-order chi connectivity index (χ0) is 13.1. The van der Waals surface area contributed by atoms with E-state index in [1.165, 1.54) is 43.4 Å². The molecular formula is C13H19NO2S2. The molecule has 2 unspecified atom stereocenters. The van der Waals surface area contributed by atoms with Crippen molar-refractivity contribution in [3.8, 4) is 0 Å². The fourth-order valence-electron chi connectivity index (χ4n) is 2.48. The Morgan fingerprint density at radius 1 is 1.56 bits per heavy atom. The van der Waals surface area contributed by atoms with E-state index in [2.05, 4.69) is 11.9 Å². The van der Waals surface area contributed by atoms with Gasteiger partial charge in [0.05, 0.1) is 5.69 Å². The Bertz CT molecular complexity index is 431. The van der Waals surface area contributed by atoms with Gasteiger partial charge in [0.15, 0.2) is 4.34 Å². The lowest BCUT2D eigenvalue weighted by molar-refractivity contribution is 0.0701. The van der Waals surface area contributed by atoms with Crippen molar-refractivity contribution in [3.63, 3.8) is 0 Å². The largest absolute Gasteiger partial charge is 0.477 e. The number of hydrogen-bond donors (Lipinski definition) is 1. The fraction of sp³-hybridized carbons (Fsp3) is 0.692. The quantitative estimate of drug-likeness (QED) is 0.900. The highest BCUT2D eigenvalue weighted by Gasteiger charge is 2.23. The van der Waals surface area contributed by atoms with Gasteiger partial charge in [-0.05, 0) is 25.7 Å². The van der Waals surface area contributed by atoms with Crippen molar-refractivity contribution in [1.82, 2.24) is 4.98 Å². The molecular weight excluding hydrogens is 266 g/mol. The van der Waals surface area contributed by atoms with E-state index in [0.29, 0.717) is 15.8 Å². The van der Waals surface area contributed by atoms with E-state index in [4.69, 9.17) is 5.11 Å². The molecule has 2 rings (SSSR count). The van der Waals surface area contributed by atoms with E-state index in [1.807, 2.05) is 0 Å². The number of nitrogens with zero attached hydrogens (tertiary/aromatic N) is 1. The summed E-state index contributed by atoms with van der Waals surface area (Å²) in [5, 5.41) is 9.65. The summed E-state index contributed by atoms with van der Waals surface area (Å²) in [6.07, 6.45) is 6.40. The Labute approximate surface area is 116 Å². The summed E-state index contributed by atoms with van der Waals surface area (Å²) in [6, 6.07) is 0. The van der Waals surface area contributed by atoms with Gasteiger partial charge in [-0.2, -0.15) is 0 Å². The Morgan fingerprint density at radius 2 is 2.33 bits per heavy atom. The van der Waals surface area contributed by atoms with Gasteiger partial charge in [-0.25, -0.2) is 9.78 Å². The number of carboxylic acid groups (broad SMARTS) is 1. The van der Waals surface area contributed by atoms with E-state index >= 15 is 0 Å². The molecule has 0 amide bonds. The number of aryl methyl sites for hydroxylation is 1. The van der Waals surface area contributed by atoms with Crippen molar-refractivity contribution in [1.29, 1.82) is 0 Å². The van der Waals surface area contributed by atoms with E-state index < -0.39 is 5.97 Å². The number of thioether (sulfide) groups is 1. The highest BCUT2D eigenvalue weighted by atomic mass is 32.2. The second-order valence-electron chi connectivity index (χ2n) is 4.88. The third-order valence-electron chi connectivity index (χ3n) is 3.55. The number of carboxylic acids is 1. The van der Waals surface area contributed by atoms with Crippen LogP contribution in [0.5, 0.6) is 0 Å².